The van der Waals surface area contributed by atoms with Crippen LogP contribution in [0.5, 0.6) is 11.5 Å². The molecule has 1 aliphatic rings. The molecule has 1 aliphatic carbocycles. The maximum absolute atomic E-state index is 11.6. The fourth-order valence-electron chi connectivity index (χ4n) is 1.82. The predicted octanol–water partition coefficient (Wildman–Crippen LogP) is 1.38. The predicted molar refractivity (Wildman–Crippen MR) is 59.2 cm³/mol. The van der Waals surface area contributed by atoms with Gasteiger partial charge >= 0.3 is 0 Å². The van der Waals surface area contributed by atoms with Gasteiger partial charge < -0.3 is 15.3 Å². The number of ketones is 2. The van der Waals surface area contributed by atoms with Crippen LogP contribution in [-0.4, -0.2) is 26.9 Å². The molecule has 5 nitrogen and oxygen atoms in total. The number of hydrogen-bond donors (Lipinski definition) is 3. The van der Waals surface area contributed by atoms with Crippen LogP contribution in [0.1, 0.15) is 27.0 Å². The summed E-state index contributed by atoms with van der Waals surface area (Å²) < 4.78 is 0. The highest BCUT2D eigenvalue weighted by Gasteiger charge is 2.33. The maximum atomic E-state index is 11.6. The number of rotatable bonds is 0. The van der Waals surface area contributed by atoms with E-state index in [4.69, 9.17) is 0 Å². The van der Waals surface area contributed by atoms with Crippen LogP contribution in [0.15, 0.2) is 6.08 Å². The molecule has 1 aromatic carbocycles. The van der Waals surface area contributed by atoms with Gasteiger partial charge in [-0.3, -0.25) is 9.59 Å². The van der Waals surface area contributed by atoms with Crippen molar-refractivity contribution in [1.82, 2.24) is 0 Å². The molecule has 0 aliphatic heterocycles. The molecule has 1 aromatic rings. The molecule has 0 aromatic heterocycles. The molecule has 0 spiro atoms. The Kier molecular flexibility index (Phi) is 2.20. The van der Waals surface area contributed by atoms with E-state index in [1.165, 1.54) is 6.92 Å². The number of allylic oxidation sites excluding steroid dienone is 1. The van der Waals surface area contributed by atoms with E-state index in [0.717, 1.165) is 6.08 Å². The lowest BCUT2D eigenvalue weighted by atomic mass is 9.88. The number of aliphatic hydroxyl groups excluding tert-OH is 1. The number of carbonyl (C=O) groups excluding carboxylic acids is 2. The molecule has 0 radical (unpaired) electrons. The third kappa shape index (κ3) is 1.32. The standard InChI is InChI=1S/C12H10O5/c1-4-5(2)11(16)9-8(10(4)15)6(13)3-7(14)12(9)17/h3,13,15-16H,1-2H3. The van der Waals surface area contributed by atoms with E-state index >= 15 is 0 Å². The van der Waals surface area contributed by atoms with Crippen molar-refractivity contribution in [2.75, 3.05) is 0 Å². The van der Waals surface area contributed by atoms with Gasteiger partial charge in [0.25, 0.3) is 0 Å². The van der Waals surface area contributed by atoms with Gasteiger partial charge in [0.2, 0.25) is 11.6 Å². The van der Waals surface area contributed by atoms with Gasteiger partial charge in [-0.25, -0.2) is 0 Å². The smallest absolute Gasteiger partial charge is 0.237 e. The molecular formula is C12H10O5. The van der Waals surface area contributed by atoms with Gasteiger partial charge in [-0.2, -0.15) is 0 Å². The van der Waals surface area contributed by atoms with Crippen LogP contribution in [0.3, 0.4) is 0 Å². The first-order chi connectivity index (χ1) is 7.86. The van der Waals surface area contributed by atoms with Crippen LogP contribution in [0.4, 0.5) is 0 Å². The second-order valence-corrected chi connectivity index (χ2v) is 3.92. The summed E-state index contributed by atoms with van der Waals surface area (Å²) in [7, 11) is 0. The van der Waals surface area contributed by atoms with Crippen LogP contribution in [0.2, 0.25) is 0 Å². The summed E-state index contributed by atoms with van der Waals surface area (Å²) in [4.78, 5) is 22.9. The quantitative estimate of drug-likeness (QED) is 0.465. The Bertz CT molecular complexity index is 596. The number of fused-ring (bicyclic) bond motifs is 1. The number of benzene rings is 1. The topological polar surface area (TPSA) is 94.8 Å². The second-order valence-electron chi connectivity index (χ2n) is 3.92. The van der Waals surface area contributed by atoms with Crippen molar-refractivity contribution in [2.45, 2.75) is 13.8 Å². The Balaban J connectivity index is 2.96. The molecule has 3 N–H and O–H groups in total. The Morgan fingerprint density at radius 1 is 0.882 bits per heavy atom. The number of aromatic hydroxyl groups is 2. The third-order valence-corrected chi connectivity index (χ3v) is 2.97. The SMILES string of the molecule is Cc1c(C)c(O)c2c(c1O)C(=O)C(=O)C=C2O. The summed E-state index contributed by atoms with van der Waals surface area (Å²) in [5.74, 6) is -3.06. The summed E-state index contributed by atoms with van der Waals surface area (Å²) in [5, 5.41) is 29.3. The van der Waals surface area contributed by atoms with Crippen LogP contribution in [-0.2, 0) is 4.79 Å². The highest BCUT2D eigenvalue weighted by atomic mass is 16.3. The van der Waals surface area contributed by atoms with Crippen LogP contribution >= 0.6 is 0 Å². The molecule has 5 heteroatoms. The molecule has 0 amide bonds. The van der Waals surface area contributed by atoms with Crippen molar-refractivity contribution < 1.29 is 24.9 Å². The van der Waals surface area contributed by atoms with Crippen molar-refractivity contribution in [1.29, 1.82) is 0 Å². The van der Waals surface area contributed by atoms with E-state index in [0.29, 0.717) is 11.1 Å². The van der Waals surface area contributed by atoms with E-state index in [9.17, 15) is 24.9 Å². The van der Waals surface area contributed by atoms with Gasteiger partial charge in [0.05, 0.1) is 11.1 Å². The highest BCUT2D eigenvalue weighted by molar-refractivity contribution is 6.51. The molecule has 0 atom stereocenters. The molecule has 0 saturated carbocycles. The Labute approximate surface area is 96.6 Å². The molecule has 17 heavy (non-hydrogen) atoms. The fourth-order valence-corrected chi connectivity index (χ4v) is 1.82. The first-order valence-corrected chi connectivity index (χ1v) is 4.91. The maximum Gasteiger partial charge on any atom is 0.237 e. The molecule has 0 fully saturated rings. The first-order valence-electron chi connectivity index (χ1n) is 4.91. The minimum absolute atomic E-state index is 0.185. The van der Waals surface area contributed by atoms with Crippen LogP contribution < -0.4 is 0 Å². The minimum Gasteiger partial charge on any atom is -0.507 e. The lowest BCUT2D eigenvalue weighted by molar-refractivity contribution is -0.111. The molecule has 0 saturated heterocycles. The zero-order valence-electron chi connectivity index (χ0n) is 9.24. The molecular weight excluding hydrogens is 224 g/mol. The summed E-state index contributed by atoms with van der Waals surface area (Å²) in [6.45, 7) is 3.05. The van der Waals surface area contributed by atoms with E-state index in [-0.39, 0.29) is 22.6 Å². The lowest BCUT2D eigenvalue weighted by Gasteiger charge is -2.18. The fraction of sp³-hybridized carbons (Fsp3) is 0.167. The summed E-state index contributed by atoms with van der Waals surface area (Å²) >= 11 is 0. The van der Waals surface area contributed by atoms with Crippen molar-refractivity contribution >= 4 is 17.3 Å². The summed E-state index contributed by atoms with van der Waals surface area (Å²) in [5.41, 5.74) is 0.131. The van der Waals surface area contributed by atoms with Gasteiger partial charge in [0.15, 0.2) is 0 Å². The zero-order chi connectivity index (χ0) is 12.9. The van der Waals surface area contributed by atoms with Crippen LogP contribution in [0, 0.1) is 13.8 Å². The summed E-state index contributed by atoms with van der Waals surface area (Å²) in [6, 6.07) is 0. The highest BCUT2D eigenvalue weighted by Crippen LogP contribution is 2.41. The van der Waals surface area contributed by atoms with Gasteiger partial charge in [0, 0.05) is 6.08 Å². The monoisotopic (exact) mass is 234 g/mol. The Morgan fingerprint density at radius 3 is 1.88 bits per heavy atom. The van der Waals surface area contributed by atoms with E-state index in [2.05, 4.69) is 0 Å². The van der Waals surface area contributed by atoms with E-state index in [1.54, 1.807) is 6.92 Å². The van der Waals surface area contributed by atoms with E-state index < -0.39 is 17.3 Å². The average molecular weight is 234 g/mol. The average Bonchev–Trinajstić information content (AvgIpc) is 2.28. The number of phenols is 2. The molecule has 0 unspecified atom stereocenters. The largest absolute Gasteiger partial charge is 0.507 e. The van der Waals surface area contributed by atoms with Crippen LogP contribution in [0.25, 0.3) is 5.76 Å². The summed E-state index contributed by atoms with van der Waals surface area (Å²) in [6.07, 6.45) is 0.735. The van der Waals surface area contributed by atoms with Crippen molar-refractivity contribution in [3.63, 3.8) is 0 Å². The van der Waals surface area contributed by atoms with E-state index in [1.807, 2.05) is 0 Å². The van der Waals surface area contributed by atoms with Gasteiger partial charge in [-0.1, -0.05) is 0 Å². The van der Waals surface area contributed by atoms with Gasteiger partial charge in [-0.15, -0.1) is 0 Å². The first kappa shape index (κ1) is 11.2. The minimum atomic E-state index is -0.936. The lowest BCUT2D eigenvalue weighted by Crippen LogP contribution is -2.19. The molecule has 0 bridgehead atoms. The Hall–Kier alpha value is -2.30. The molecule has 88 valence electrons. The number of carbonyl (C=O) groups is 2. The third-order valence-electron chi connectivity index (χ3n) is 2.97. The molecule has 2 rings (SSSR count). The van der Waals surface area contributed by atoms with Gasteiger partial charge in [0.1, 0.15) is 17.3 Å². The number of hydrogen-bond acceptors (Lipinski definition) is 5. The Morgan fingerprint density at radius 2 is 1.35 bits per heavy atom. The number of Topliss-reactive ketones (excluding diaryl/α,β-unsaturated/α-hetero) is 1. The number of phenolic OH excluding ortho intramolecular Hbond substituents is 2. The van der Waals surface area contributed by atoms with Crippen molar-refractivity contribution in [3.8, 4) is 11.5 Å². The normalized spacial score (nSPS) is 14.6. The zero-order valence-corrected chi connectivity index (χ0v) is 9.24. The molecule has 0 heterocycles. The van der Waals surface area contributed by atoms with Crippen molar-refractivity contribution in [3.05, 3.63) is 28.3 Å². The van der Waals surface area contributed by atoms with Crippen molar-refractivity contribution in [2.24, 2.45) is 0 Å². The second kappa shape index (κ2) is 3.35. The van der Waals surface area contributed by atoms with Gasteiger partial charge in [-0.05, 0) is 25.0 Å². The number of aliphatic hydroxyl groups is 1.